The summed E-state index contributed by atoms with van der Waals surface area (Å²) in [6, 6.07) is 10.8. The van der Waals surface area contributed by atoms with Gasteiger partial charge in [-0.2, -0.15) is 0 Å². The summed E-state index contributed by atoms with van der Waals surface area (Å²) < 4.78 is 16.7. The lowest BCUT2D eigenvalue weighted by Gasteiger charge is -2.34. The van der Waals surface area contributed by atoms with Gasteiger partial charge in [-0.3, -0.25) is 14.2 Å². The molecule has 0 atom stereocenters. The maximum Gasteiger partial charge on any atom is 0.261 e. The monoisotopic (exact) mass is 532 g/mol. The zero-order valence-electron chi connectivity index (χ0n) is 23.0. The highest BCUT2D eigenvalue weighted by Gasteiger charge is 2.24. The van der Waals surface area contributed by atoms with Crippen molar-refractivity contribution in [3.8, 4) is 0 Å². The number of hydrogen-bond donors (Lipinski definition) is 1. The number of nitrogens with zero attached hydrogens (tertiary/aromatic N) is 5. The Morgan fingerprint density at radius 1 is 1.08 bits per heavy atom. The number of carbonyl (C=O) groups is 1. The molecule has 1 N–H and O–H groups in total. The average Bonchev–Trinajstić information content (AvgIpc) is 3.33. The highest BCUT2D eigenvalue weighted by molar-refractivity contribution is 5.91. The van der Waals surface area contributed by atoms with E-state index < -0.39 is 0 Å². The Balaban J connectivity index is 1.35. The predicted octanol–water partition coefficient (Wildman–Crippen LogP) is 3.90. The van der Waals surface area contributed by atoms with Crippen LogP contribution in [0.2, 0.25) is 0 Å². The second kappa shape index (κ2) is 11.7. The molecule has 3 heterocycles. The fourth-order valence-corrected chi connectivity index (χ4v) is 5.34. The third kappa shape index (κ3) is 5.89. The third-order valence-electron chi connectivity index (χ3n) is 7.84. The van der Waals surface area contributed by atoms with Crippen LogP contribution in [-0.4, -0.2) is 78.1 Å². The zero-order chi connectivity index (χ0) is 27.5. The van der Waals surface area contributed by atoms with E-state index in [1.807, 2.05) is 35.2 Å². The van der Waals surface area contributed by atoms with E-state index in [1.54, 1.807) is 10.6 Å². The van der Waals surface area contributed by atoms with Crippen LogP contribution in [0.15, 0.2) is 41.2 Å². The van der Waals surface area contributed by atoms with Crippen molar-refractivity contribution in [1.29, 1.82) is 0 Å². The zero-order valence-corrected chi connectivity index (χ0v) is 23.0. The van der Waals surface area contributed by atoms with Gasteiger partial charge in [-0.05, 0) is 68.0 Å². The predicted molar refractivity (Wildman–Crippen MR) is 156 cm³/mol. The van der Waals surface area contributed by atoms with E-state index in [0.717, 1.165) is 62.6 Å². The number of piperazine rings is 1. The smallest absolute Gasteiger partial charge is 0.261 e. The highest BCUT2D eigenvalue weighted by Crippen LogP contribution is 2.30. The molecular weight excluding hydrogens is 495 g/mol. The molecule has 0 radical (unpaired) electrons. The van der Waals surface area contributed by atoms with Crippen LogP contribution in [0.25, 0.3) is 22.6 Å². The molecular formula is C30H37FN6O2. The minimum Gasteiger partial charge on any atom is -0.367 e. The fraction of sp³-hybridized carbons (Fsp3) is 0.433. The third-order valence-corrected chi connectivity index (χ3v) is 7.84. The molecule has 5 rings (SSSR count). The van der Waals surface area contributed by atoms with Gasteiger partial charge in [-0.1, -0.05) is 26.0 Å². The van der Waals surface area contributed by atoms with Crippen LogP contribution < -0.4 is 15.8 Å². The first-order valence-electron chi connectivity index (χ1n) is 13.9. The maximum absolute atomic E-state index is 15.0. The molecule has 1 fully saturated rings. The van der Waals surface area contributed by atoms with Gasteiger partial charge >= 0.3 is 0 Å². The van der Waals surface area contributed by atoms with Crippen molar-refractivity contribution < 1.29 is 9.18 Å². The van der Waals surface area contributed by atoms with Gasteiger partial charge in [0.15, 0.2) is 0 Å². The minimum atomic E-state index is -0.375. The Labute approximate surface area is 228 Å². The number of hydrogen-bond acceptors (Lipinski definition) is 6. The summed E-state index contributed by atoms with van der Waals surface area (Å²) in [4.78, 5) is 36.9. The molecule has 39 heavy (non-hydrogen) atoms. The van der Waals surface area contributed by atoms with E-state index in [4.69, 9.17) is 4.98 Å². The Bertz CT molecular complexity index is 1440. The molecule has 1 amide bonds. The van der Waals surface area contributed by atoms with Crippen LogP contribution in [0.3, 0.4) is 0 Å². The van der Waals surface area contributed by atoms with Crippen molar-refractivity contribution in [3.63, 3.8) is 0 Å². The molecule has 2 aliphatic rings. The first kappa shape index (κ1) is 27.0. The summed E-state index contributed by atoms with van der Waals surface area (Å²) in [5.74, 6) is 0.262. The topological polar surface area (TPSA) is 73.7 Å². The average molecular weight is 533 g/mol. The Hall–Kier alpha value is -3.56. The lowest BCUT2D eigenvalue weighted by Crippen LogP contribution is -2.44. The fourth-order valence-electron chi connectivity index (χ4n) is 5.34. The number of likely N-dealkylation sites (N-methyl/N-ethyl adjacent to an activating group) is 1. The minimum absolute atomic E-state index is 0.000517. The molecule has 0 unspecified atom stereocenters. The van der Waals surface area contributed by atoms with Gasteiger partial charge in [0.25, 0.3) is 5.56 Å². The van der Waals surface area contributed by atoms with Crippen LogP contribution in [0.1, 0.15) is 38.1 Å². The number of rotatable bonds is 8. The molecule has 2 aromatic carbocycles. The van der Waals surface area contributed by atoms with Gasteiger partial charge < -0.3 is 20.0 Å². The second-order valence-electron chi connectivity index (χ2n) is 10.4. The Morgan fingerprint density at radius 2 is 1.79 bits per heavy atom. The molecule has 0 aliphatic carbocycles. The van der Waals surface area contributed by atoms with Crippen molar-refractivity contribution >= 4 is 39.8 Å². The lowest BCUT2D eigenvalue weighted by atomic mass is 10.1. The molecule has 206 valence electrons. The van der Waals surface area contributed by atoms with Gasteiger partial charge in [-0.25, -0.2) is 9.37 Å². The van der Waals surface area contributed by atoms with Crippen molar-refractivity contribution in [3.05, 3.63) is 64.0 Å². The SMILES string of the molecule is CCN(CC)CCC(=O)Nc1ccc(/C=C2\CCn3c2nc2cc(N4CCN(C)CC4)c(F)cc2c3=O)cc1. The molecule has 2 aliphatic heterocycles. The van der Waals surface area contributed by atoms with E-state index in [9.17, 15) is 9.59 Å². The van der Waals surface area contributed by atoms with E-state index in [0.29, 0.717) is 41.8 Å². The van der Waals surface area contributed by atoms with Gasteiger partial charge in [0, 0.05) is 51.4 Å². The summed E-state index contributed by atoms with van der Waals surface area (Å²) in [6.45, 7) is 10.5. The number of anilines is 2. The first-order chi connectivity index (χ1) is 18.9. The van der Waals surface area contributed by atoms with E-state index in [-0.39, 0.29) is 17.3 Å². The van der Waals surface area contributed by atoms with Crippen LogP contribution in [0, 0.1) is 5.82 Å². The Morgan fingerprint density at radius 3 is 2.49 bits per heavy atom. The summed E-state index contributed by atoms with van der Waals surface area (Å²) in [6.07, 6.45) is 3.17. The van der Waals surface area contributed by atoms with E-state index in [1.165, 1.54) is 6.07 Å². The van der Waals surface area contributed by atoms with Gasteiger partial charge in [0.05, 0.1) is 16.6 Å². The Kier molecular flexibility index (Phi) is 8.09. The molecule has 9 heteroatoms. The standard InChI is InChI=1S/C30H37FN6O2/c1-4-35(5-2)12-11-28(38)32-23-8-6-21(7-9-23)18-22-10-13-37-29(22)33-26-20-27(25(31)19-24(26)30(37)39)36-16-14-34(3)15-17-36/h6-9,18-20H,4-5,10-17H2,1-3H3,(H,32,38)/b22-18+. The summed E-state index contributed by atoms with van der Waals surface area (Å²) in [5, 5.41) is 3.28. The highest BCUT2D eigenvalue weighted by atomic mass is 19.1. The number of benzene rings is 2. The van der Waals surface area contributed by atoms with Gasteiger partial charge in [-0.15, -0.1) is 0 Å². The number of carbonyl (C=O) groups excluding carboxylic acids is 1. The van der Waals surface area contributed by atoms with Crippen molar-refractivity contribution in [2.24, 2.45) is 0 Å². The quantitative estimate of drug-likeness (QED) is 0.475. The largest absolute Gasteiger partial charge is 0.367 e. The molecule has 8 nitrogen and oxygen atoms in total. The number of aromatic nitrogens is 2. The first-order valence-corrected chi connectivity index (χ1v) is 13.9. The van der Waals surface area contributed by atoms with E-state index in [2.05, 4.69) is 36.0 Å². The normalized spacial score (nSPS) is 16.8. The molecule has 0 saturated carbocycles. The van der Waals surface area contributed by atoms with Crippen molar-refractivity contribution in [1.82, 2.24) is 19.4 Å². The van der Waals surface area contributed by atoms with Gasteiger partial charge in [0.1, 0.15) is 11.6 Å². The van der Waals surface area contributed by atoms with Crippen molar-refractivity contribution in [2.45, 2.75) is 33.2 Å². The van der Waals surface area contributed by atoms with Gasteiger partial charge in [0.2, 0.25) is 5.91 Å². The van der Waals surface area contributed by atoms with Crippen LogP contribution in [-0.2, 0) is 11.3 Å². The van der Waals surface area contributed by atoms with Crippen LogP contribution in [0.4, 0.5) is 15.8 Å². The number of fused-ring (bicyclic) bond motifs is 2. The van der Waals surface area contributed by atoms with Crippen LogP contribution in [0.5, 0.6) is 0 Å². The molecule has 1 aromatic heterocycles. The molecule has 0 spiro atoms. The summed E-state index contributed by atoms with van der Waals surface area (Å²) in [7, 11) is 2.06. The molecule has 3 aromatic rings. The van der Waals surface area contributed by atoms with E-state index >= 15 is 4.39 Å². The lowest BCUT2D eigenvalue weighted by molar-refractivity contribution is -0.116. The maximum atomic E-state index is 15.0. The molecule has 1 saturated heterocycles. The summed E-state index contributed by atoms with van der Waals surface area (Å²) in [5.41, 5.74) is 3.52. The van der Waals surface area contributed by atoms with Crippen LogP contribution >= 0.6 is 0 Å². The second-order valence-corrected chi connectivity index (χ2v) is 10.4. The number of allylic oxidation sites excluding steroid dienone is 1. The number of amides is 1. The summed E-state index contributed by atoms with van der Waals surface area (Å²) >= 11 is 0. The van der Waals surface area contributed by atoms with Crippen molar-refractivity contribution in [2.75, 3.05) is 63.1 Å². The number of halogens is 1. The molecule has 0 bridgehead atoms. The number of nitrogens with one attached hydrogen (secondary N) is 1.